The van der Waals surface area contributed by atoms with Crippen LogP contribution in [0, 0.1) is 11.3 Å². The zero-order chi connectivity index (χ0) is 25.7. The highest BCUT2D eigenvalue weighted by molar-refractivity contribution is 7.19. The van der Waals surface area contributed by atoms with Crippen molar-refractivity contribution in [3.8, 4) is 28.8 Å². The van der Waals surface area contributed by atoms with Crippen LogP contribution >= 0.6 is 11.3 Å². The summed E-state index contributed by atoms with van der Waals surface area (Å²) in [5.74, 6) is 0.782. The zero-order valence-corrected chi connectivity index (χ0v) is 21.2. The molecule has 0 radical (unpaired) electrons. The molecule has 6 aromatic rings. The number of thiazole rings is 1. The number of aromatic nitrogens is 3. The predicted octanol–water partition coefficient (Wildman–Crippen LogP) is 7.79. The maximum absolute atomic E-state index is 10.0. The number of allylic oxidation sites excluding steroid dienone is 1. The molecule has 0 atom stereocenters. The first-order valence-corrected chi connectivity index (χ1v) is 13.0. The fraction of sp³-hybridized carbons (Fsp3) is 0.0312. The smallest absolute Gasteiger partial charge is 0.135 e. The maximum Gasteiger partial charge on any atom is 0.135 e. The monoisotopic (exact) mass is 510 g/mol. The predicted molar refractivity (Wildman–Crippen MR) is 153 cm³/mol. The van der Waals surface area contributed by atoms with E-state index in [2.05, 4.69) is 11.1 Å². The molecule has 38 heavy (non-hydrogen) atoms. The highest BCUT2D eigenvalue weighted by Gasteiger charge is 2.15. The van der Waals surface area contributed by atoms with Crippen LogP contribution in [-0.2, 0) is 6.61 Å². The lowest BCUT2D eigenvalue weighted by atomic mass is 10.1. The van der Waals surface area contributed by atoms with E-state index in [0.29, 0.717) is 17.2 Å². The van der Waals surface area contributed by atoms with Crippen molar-refractivity contribution in [3.63, 3.8) is 0 Å². The fourth-order valence-corrected chi connectivity index (χ4v) is 5.10. The molecule has 0 N–H and O–H groups in total. The fourth-order valence-electron chi connectivity index (χ4n) is 4.16. The molecular formula is C32H22N4OS. The Kier molecular flexibility index (Phi) is 6.50. The number of nitriles is 1. The Morgan fingerprint density at radius 2 is 1.58 bits per heavy atom. The standard InChI is InChI=1S/C32H22N4OS/c33-20-25(32-34-29-13-7-8-14-30(29)38-32)19-26-21-36(27-11-5-2-6-12-27)35-31(26)24-15-17-28(18-16-24)37-22-23-9-3-1-4-10-23/h1-19,21H,22H2. The summed E-state index contributed by atoms with van der Waals surface area (Å²) < 4.78 is 8.86. The van der Waals surface area contributed by atoms with Crippen LogP contribution in [0.2, 0.25) is 0 Å². The minimum absolute atomic E-state index is 0.503. The molecule has 2 heterocycles. The van der Waals surface area contributed by atoms with Gasteiger partial charge in [-0.15, -0.1) is 11.3 Å². The average Bonchev–Trinajstić information content (AvgIpc) is 3.61. The van der Waals surface area contributed by atoms with Crippen molar-refractivity contribution in [2.24, 2.45) is 0 Å². The van der Waals surface area contributed by atoms with Crippen LogP contribution in [0.3, 0.4) is 0 Å². The molecule has 6 heteroatoms. The van der Waals surface area contributed by atoms with Gasteiger partial charge in [0.05, 0.1) is 27.2 Å². The van der Waals surface area contributed by atoms with Crippen molar-refractivity contribution < 1.29 is 4.74 Å². The molecule has 0 saturated carbocycles. The van der Waals surface area contributed by atoms with Gasteiger partial charge in [-0.2, -0.15) is 10.4 Å². The minimum atomic E-state index is 0.503. The van der Waals surface area contributed by atoms with Crippen LogP contribution in [0.1, 0.15) is 16.1 Å². The van der Waals surface area contributed by atoms with Crippen molar-refractivity contribution in [2.45, 2.75) is 6.61 Å². The van der Waals surface area contributed by atoms with Gasteiger partial charge in [0, 0.05) is 17.3 Å². The number of fused-ring (bicyclic) bond motifs is 1. The summed E-state index contributed by atoms with van der Waals surface area (Å²) in [7, 11) is 0. The second-order valence-corrected chi connectivity index (χ2v) is 9.70. The van der Waals surface area contributed by atoms with E-state index in [1.54, 1.807) is 0 Å². The summed E-state index contributed by atoms with van der Waals surface area (Å²) in [5.41, 5.74) is 5.99. The van der Waals surface area contributed by atoms with Crippen LogP contribution in [0.25, 0.3) is 38.8 Å². The third-order valence-corrected chi connectivity index (χ3v) is 7.15. The first kappa shape index (κ1) is 23.4. The van der Waals surface area contributed by atoms with E-state index < -0.39 is 0 Å². The number of nitrogens with zero attached hydrogens (tertiary/aromatic N) is 4. The molecule has 0 amide bonds. The molecule has 182 valence electrons. The summed E-state index contributed by atoms with van der Waals surface area (Å²) >= 11 is 1.51. The van der Waals surface area contributed by atoms with E-state index in [0.717, 1.165) is 44.0 Å². The van der Waals surface area contributed by atoms with Crippen molar-refractivity contribution in [1.82, 2.24) is 14.8 Å². The summed E-state index contributed by atoms with van der Waals surface area (Å²) in [4.78, 5) is 4.69. The summed E-state index contributed by atoms with van der Waals surface area (Å²) in [5, 5.41) is 15.6. The Morgan fingerprint density at radius 1 is 0.868 bits per heavy atom. The molecule has 2 aromatic heterocycles. The minimum Gasteiger partial charge on any atom is -0.489 e. The topological polar surface area (TPSA) is 63.7 Å². The molecule has 0 bridgehead atoms. The van der Waals surface area contributed by atoms with Crippen molar-refractivity contribution in [2.75, 3.05) is 0 Å². The van der Waals surface area contributed by atoms with Gasteiger partial charge in [0.1, 0.15) is 23.4 Å². The molecule has 4 aromatic carbocycles. The normalized spacial score (nSPS) is 11.4. The van der Waals surface area contributed by atoms with Gasteiger partial charge < -0.3 is 4.74 Å². The number of ether oxygens (including phenoxy) is 1. The molecule has 0 fully saturated rings. The lowest BCUT2D eigenvalue weighted by molar-refractivity contribution is 0.306. The second-order valence-electron chi connectivity index (χ2n) is 8.67. The SMILES string of the molecule is N#CC(=Cc1cn(-c2ccccc2)nc1-c1ccc(OCc2ccccc2)cc1)c1nc2ccccc2s1. The van der Waals surface area contributed by atoms with Crippen LogP contribution in [0.15, 0.2) is 115 Å². The Morgan fingerprint density at radius 3 is 2.32 bits per heavy atom. The van der Waals surface area contributed by atoms with Gasteiger partial charge >= 0.3 is 0 Å². The van der Waals surface area contributed by atoms with E-state index in [1.807, 2.05) is 126 Å². The van der Waals surface area contributed by atoms with Crippen LogP contribution in [0.5, 0.6) is 5.75 Å². The Bertz CT molecular complexity index is 1730. The van der Waals surface area contributed by atoms with Gasteiger partial charge in [0.25, 0.3) is 0 Å². The molecule has 6 rings (SSSR count). The molecule has 0 unspecified atom stereocenters. The molecule has 0 aliphatic heterocycles. The van der Waals surface area contributed by atoms with Gasteiger partial charge in [0.2, 0.25) is 0 Å². The van der Waals surface area contributed by atoms with Crippen LogP contribution in [0.4, 0.5) is 0 Å². The quantitative estimate of drug-likeness (QED) is 0.206. The van der Waals surface area contributed by atoms with Gasteiger partial charge in [-0.3, -0.25) is 0 Å². The molecule has 0 spiro atoms. The third kappa shape index (κ3) is 4.96. The van der Waals surface area contributed by atoms with Gasteiger partial charge in [-0.1, -0.05) is 60.7 Å². The zero-order valence-electron chi connectivity index (χ0n) is 20.4. The van der Waals surface area contributed by atoms with Crippen molar-refractivity contribution >= 4 is 33.2 Å². The van der Waals surface area contributed by atoms with Gasteiger partial charge in [-0.25, -0.2) is 9.67 Å². The number of benzene rings is 4. The lowest BCUT2D eigenvalue weighted by Gasteiger charge is -2.07. The van der Waals surface area contributed by atoms with Gasteiger partial charge in [0.15, 0.2) is 0 Å². The average molecular weight is 511 g/mol. The summed E-state index contributed by atoms with van der Waals surface area (Å²) in [6.45, 7) is 0.504. The molecule has 0 saturated heterocycles. The first-order valence-electron chi connectivity index (χ1n) is 12.2. The molecule has 0 aliphatic rings. The number of para-hydroxylation sites is 2. The highest BCUT2D eigenvalue weighted by Crippen LogP contribution is 2.32. The number of hydrogen-bond acceptors (Lipinski definition) is 5. The van der Waals surface area contributed by atoms with Crippen LogP contribution < -0.4 is 4.74 Å². The highest BCUT2D eigenvalue weighted by atomic mass is 32.1. The molecule has 0 aliphatic carbocycles. The number of rotatable bonds is 7. The third-order valence-electron chi connectivity index (χ3n) is 6.08. The largest absolute Gasteiger partial charge is 0.489 e. The maximum atomic E-state index is 10.0. The van der Waals surface area contributed by atoms with E-state index in [4.69, 9.17) is 9.84 Å². The van der Waals surface area contributed by atoms with E-state index in [1.165, 1.54) is 11.3 Å². The van der Waals surface area contributed by atoms with Gasteiger partial charge in [-0.05, 0) is 60.2 Å². The summed E-state index contributed by atoms with van der Waals surface area (Å²) in [6.07, 6.45) is 3.83. The Balaban J connectivity index is 1.36. The Labute approximate surface area is 224 Å². The van der Waals surface area contributed by atoms with E-state index in [-0.39, 0.29) is 0 Å². The van der Waals surface area contributed by atoms with Crippen molar-refractivity contribution in [3.05, 3.63) is 132 Å². The first-order chi connectivity index (χ1) is 18.8. The van der Waals surface area contributed by atoms with E-state index >= 15 is 0 Å². The Hall–Kier alpha value is -4.99. The van der Waals surface area contributed by atoms with Crippen LogP contribution in [-0.4, -0.2) is 14.8 Å². The molecular weight excluding hydrogens is 488 g/mol. The second kappa shape index (κ2) is 10.6. The van der Waals surface area contributed by atoms with Crippen molar-refractivity contribution in [1.29, 1.82) is 5.26 Å². The molecule has 5 nitrogen and oxygen atoms in total. The lowest BCUT2D eigenvalue weighted by Crippen LogP contribution is -1.95. The van der Waals surface area contributed by atoms with E-state index in [9.17, 15) is 5.26 Å². The summed E-state index contributed by atoms with van der Waals surface area (Å²) in [6, 6.07) is 38.2. The number of hydrogen-bond donors (Lipinski definition) is 0.